The minimum Gasteiger partial charge on any atom is -0.314 e. The maximum absolute atomic E-state index is 3.71. The van der Waals surface area contributed by atoms with Gasteiger partial charge in [0.25, 0.3) is 0 Å². The third-order valence-electron chi connectivity index (χ3n) is 3.82. The van der Waals surface area contributed by atoms with Crippen molar-refractivity contribution in [3.63, 3.8) is 0 Å². The van der Waals surface area contributed by atoms with E-state index in [4.69, 9.17) is 0 Å². The summed E-state index contributed by atoms with van der Waals surface area (Å²) in [6.45, 7) is 7.21. The van der Waals surface area contributed by atoms with Crippen molar-refractivity contribution in [2.45, 2.75) is 38.6 Å². The van der Waals surface area contributed by atoms with Crippen LogP contribution in [0.25, 0.3) is 0 Å². The van der Waals surface area contributed by atoms with Gasteiger partial charge in [0.1, 0.15) is 0 Å². The summed E-state index contributed by atoms with van der Waals surface area (Å²) in [6, 6.07) is 11.5. The van der Waals surface area contributed by atoms with E-state index < -0.39 is 0 Å². The normalized spacial score (nSPS) is 18.1. The van der Waals surface area contributed by atoms with E-state index in [0.29, 0.717) is 0 Å². The Morgan fingerprint density at radius 3 is 2.56 bits per heavy atom. The molecule has 1 N–H and O–H groups in total. The van der Waals surface area contributed by atoms with E-state index in [1.807, 2.05) is 0 Å². The summed E-state index contributed by atoms with van der Waals surface area (Å²) in [7, 11) is 0. The maximum Gasteiger partial charge on any atom is 0.00915 e. The molecule has 0 aromatic heterocycles. The summed E-state index contributed by atoms with van der Waals surface area (Å²) in [5, 5.41) is 3.71. The molecule has 1 aromatic carbocycles. The van der Waals surface area contributed by atoms with Crippen LogP contribution < -0.4 is 5.32 Å². The second-order valence-corrected chi connectivity index (χ2v) is 5.31. The molecule has 18 heavy (non-hydrogen) atoms. The van der Waals surface area contributed by atoms with Gasteiger partial charge in [0.05, 0.1) is 0 Å². The molecule has 0 radical (unpaired) electrons. The summed E-state index contributed by atoms with van der Waals surface area (Å²) in [5.41, 5.74) is 1.44. The van der Waals surface area contributed by atoms with E-state index in [9.17, 15) is 0 Å². The van der Waals surface area contributed by atoms with Crippen molar-refractivity contribution in [1.82, 2.24) is 10.2 Å². The SMILES string of the molecule is CCCN1CCC(NCCc2ccccc2)CC1. The van der Waals surface area contributed by atoms with Crippen LogP contribution in [0.4, 0.5) is 0 Å². The first kappa shape index (κ1) is 13.6. The Hall–Kier alpha value is -0.860. The zero-order valence-corrected chi connectivity index (χ0v) is 11.6. The molecule has 1 fully saturated rings. The first-order chi connectivity index (χ1) is 8.88. The van der Waals surface area contributed by atoms with Crippen LogP contribution in [0.5, 0.6) is 0 Å². The van der Waals surface area contributed by atoms with Crippen LogP contribution in [0, 0.1) is 0 Å². The van der Waals surface area contributed by atoms with E-state index >= 15 is 0 Å². The second kappa shape index (κ2) is 7.55. The van der Waals surface area contributed by atoms with Crippen molar-refractivity contribution in [2.75, 3.05) is 26.2 Å². The molecular weight excluding hydrogens is 220 g/mol. The van der Waals surface area contributed by atoms with Crippen molar-refractivity contribution >= 4 is 0 Å². The lowest BCUT2D eigenvalue weighted by Crippen LogP contribution is -2.43. The molecule has 1 aromatic rings. The predicted octanol–water partition coefficient (Wildman–Crippen LogP) is 2.69. The fourth-order valence-electron chi connectivity index (χ4n) is 2.74. The molecule has 0 aliphatic carbocycles. The molecular formula is C16H26N2. The lowest BCUT2D eigenvalue weighted by atomic mass is 10.0. The standard InChI is InChI=1S/C16H26N2/c1-2-12-18-13-9-16(10-14-18)17-11-8-15-6-4-3-5-7-15/h3-7,16-17H,2,8-14H2,1H3. The van der Waals surface area contributed by atoms with Gasteiger partial charge in [-0.1, -0.05) is 37.3 Å². The van der Waals surface area contributed by atoms with Crippen LogP contribution >= 0.6 is 0 Å². The molecule has 0 amide bonds. The minimum atomic E-state index is 0.738. The van der Waals surface area contributed by atoms with Crippen molar-refractivity contribution in [1.29, 1.82) is 0 Å². The van der Waals surface area contributed by atoms with Crippen molar-refractivity contribution in [2.24, 2.45) is 0 Å². The average Bonchev–Trinajstić information content (AvgIpc) is 2.42. The van der Waals surface area contributed by atoms with E-state index in [2.05, 4.69) is 47.5 Å². The van der Waals surface area contributed by atoms with Crippen molar-refractivity contribution in [3.8, 4) is 0 Å². The number of piperidine rings is 1. The number of likely N-dealkylation sites (tertiary alicyclic amines) is 1. The number of nitrogens with one attached hydrogen (secondary N) is 1. The van der Waals surface area contributed by atoms with Gasteiger partial charge in [-0.15, -0.1) is 0 Å². The van der Waals surface area contributed by atoms with Crippen LogP contribution in [0.1, 0.15) is 31.7 Å². The molecule has 1 aliphatic rings. The zero-order chi connectivity index (χ0) is 12.6. The molecule has 0 unspecified atom stereocenters. The Morgan fingerprint density at radius 1 is 1.17 bits per heavy atom. The van der Waals surface area contributed by atoms with Gasteiger partial charge in [-0.05, 0) is 57.4 Å². The van der Waals surface area contributed by atoms with Gasteiger partial charge in [-0.25, -0.2) is 0 Å². The lowest BCUT2D eigenvalue weighted by molar-refractivity contribution is 0.198. The van der Waals surface area contributed by atoms with Crippen LogP contribution in [0.2, 0.25) is 0 Å². The summed E-state index contributed by atoms with van der Waals surface area (Å²) < 4.78 is 0. The molecule has 0 bridgehead atoms. The number of hydrogen-bond acceptors (Lipinski definition) is 2. The fraction of sp³-hybridized carbons (Fsp3) is 0.625. The zero-order valence-electron chi connectivity index (χ0n) is 11.6. The number of hydrogen-bond donors (Lipinski definition) is 1. The Kier molecular flexibility index (Phi) is 5.69. The quantitative estimate of drug-likeness (QED) is 0.830. The highest BCUT2D eigenvalue weighted by Crippen LogP contribution is 2.10. The minimum absolute atomic E-state index is 0.738. The van der Waals surface area contributed by atoms with Gasteiger partial charge < -0.3 is 10.2 Å². The Labute approximate surface area is 111 Å². The predicted molar refractivity (Wildman–Crippen MR) is 77.9 cm³/mol. The fourth-order valence-corrected chi connectivity index (χ4v) is 2.74. The topological polar surface area (TPSA) is 15.3 Å². The molecule has 100 valence electrons. The van der Waals surface area contributed by atoms with Crippen molar-refractivity contribution < 1.29 is 0 Å². The van der Waals surface area contributed by atoms with Gasteiger partial charge >= 0.3 is 0 Å². The van der Waals surface area contributed by atoms with Crippen molar-refractivity contribution in [3.05, 3.63) is 35.9 Å². The van der Waals surface area contributed by atoms with Crippen LogP contribution in [-0.4, -0.2) is 37.1 Å². The monoisotopic (exact) mass is 246 g/mol. The molecule has 0 spiro atoms. The molecule has 2 rings (SSSR count). The molecule has 0 atom stereocenters. The third-order valence-corrected chi connectivity index (χ3v) is 3.82. The summed E-state index contributed by atoms with van der Waals surface area (Å²) in [5.74, 6) is 0. The molecule has 0 saturated carbocycles. The molecule has 1 saturated heterocycles. The first-order valence-corrected chi connectivity index (χ1v) is 7.38. The van der Waals surface area contributed by atoms with E-state index in [0.717, 1.165) is 19.0 Å². The highest BCUT2D eigenvalue weighted by Gasteiger charge is 2.17. The van der Waals surface area contributed by atoms with Gasteiger partial charge in [-0.2, -0.15) is 0 Å². The van der Waals surface area contributed by atoms with Gasteiger partial charge in [0.15, 0.2) is 0 Å². The van der Waals surface area contributed by atoms with Gasteiger partial charge in [0.2, 0.25) is 0 Å². The first-order valence-electron chi connectivity index (χ1n) is 7.38. The van der Waals surface area contributed by atoms with E-state index in [-0.39, 0.29) is 0 Å². The van der Waals surface area contributed by atoms with E-state index in [1.165, 1.54) is 44.5 Å². The smallest absolute Gasteiger partial charge is 0.00915 e. The highest BCUT2D eigenvalue weighted by molar-refractivity contribution is 5.14. The second-order valence-electron chi connectivity index (χ2n) is 5.31. The number of rotatable bonds is 6. The van der Waals surface area contributed by atoms with Gasteiger partial charge in [0, 0.05) is 6.04 Å². The summed E-state index contributed by atoms with van der Waals surface area (Å²) in [6.07, 6.45) is 5.06. The third kappa shape index (κ3) is 4.43. The molecule has 2 nitrogen and oxygen atoms in total. The largest absolute Gasteiger partial charge is 0.314 e. The summed E-state index contributed by atoms with van der Waals surface area (Å²) >= 11 is 0. The lowest BCUT2D eigenvalue weighted by Gasteiger charge is -2.32. The summed E-state index contributed by atoms with van der Waals surface area (Å²) in [4.78, 5) is 2.59. The molecule has 2 heteroatoms. The number of benzene rings is 1. The Bertz CT molecular complexity index is 315. The van der Waals surface area contributed by atoms with Gasteiger partial charge in [-0.3, -0.25) is 0 Å². The Balaban J connectivity index is 1.61. The van der Waals surface area contributed by atoms with Crippen LogP contribution in [0.15, 0.2) is 30.3 Å². The average molecular weight is 246 g/mol. The maximum atomic E-state index is 3.71. The molecule has 1 aliphatic heterocycles. The Morgan fingerprint density at radius 2 is 1.89 bits per heavy atom. The van der Waals surface area contributed by atoms with Crippen LogP contribution in [-0.2, 0) is 6.42 Å². The number of nitrogens with zero attached hydrogens (tertiary/aromatic N) is 1. The van der Waals surface area contributed by atoms with Crippen LogP contribution in [0.3, 0.4) is 0 Å². The molecule has 1 heterocycles. The highest BCUT2D eigenvalue weighted by atomic mass is 15.1. The van der Waals surface area contributed by atoms with E-state index in [1.54, 1.807) is 0 Å².